The van der Waals surface area contributed by atoms with Crippen molar-refractivity contribution in [3.05, 3.63) is 22.4 Å². The molecule has 54 valence electrons. The van der Waals surface area contributed by atoms with Gasteiger partial charge < -0.3 is 5.73 Å². The maximum absolute atomic E-state index is 5.53. The largest absolute Gasteiger partial charge is 0.397 e. The Morgan fingerprint density at radius 2 is 2.30 bits per heavy atom. The van der Waals surface area contributed by atoms with E-state index in [2.05, 4.69) is 20.9 Å². The van der Waals surface area contributed by atoms with Crippen LogP contribution in [-0.2, 0) is 5.88 Å². The van der Waals surface area contributed by atoms with Crippen molar-refractivity contribution in [1.29, 1.82) is 0 Å². The Morgan fingerprint density at radius 1 is 1.60 bits per heavy atom. The molecule has 0 saturated heterocycles. The van der Waals surface area contributed by atoms with E-state index in [-0.39, 0.29) is 0 Å². The van der Waals surface area contributed by atoms with Gasteiger partial charge in [0.25, 0.3) is 0 Å². The molecular weight excluding hydrogens is 215 g/mol. The van der Waals surface area contributed by atoms with E-state index < -0.39 is 0 Å². The van der Waals surface area contributed by atoms with Crippen LogP contribution in [0.5, 0.6) is 0 Å². The highest BCUT2D eigenvalue weighted by atomic mass is 79.9. The second kappa shape index (κ2) is 3.21. The number of pyridine rings is 1. The summed E-state index contributed by atoms with van der Waals surface area (Å²) in [7, 11) is 0. The van der Waals surface area contributed by atoms with Crippen molar-refractivity contribution in [2.75, 3.05) is 5.73 Å². The van der Waals surface area contributed by atoms with Gasteiger partial charge in [-0.2, -0.15) is 0 Å². The van der Waals surface area contributed by atoms with Crippen LogP contribution in [-0.4, -0.2) is 4.98 Å². The minimum Gasteiger partial charge on any atom is -0.397 e. The zero-order valence-electron chi connectivity index (χ0n) is 5.14. The minimum atomic E-state index is 0.416. The molecule has 0 atom stereocenters. The number of hydrogen-bond acceptors (Lipinski definition) is 2. The molecule has 0 aliphatic carbocycles. The summed E-state index contributed by atoms with van der Waals surface area (Å²) in [6.07, 6.45) is 0. The highest BCUT2D eigenvalue weighted by Gasteiger charge is 1.96. The average molecular weight is 221 g/mol. The standard InChI is InChI=1S/C6H6BrClN2/c7-6-5(9)2-1-4(3-8)10-6/h1-2H,3,9H2. The lowest BCUT2D eigenvalue weighted by molar-refractivity contribution is 1.14. The minimum absolute atomic E-state index is 0.416. The second-order valence-electron chi connectivity index (χ2n) is 1.82. The molecule has 1 rings (SSSR count). The number of aromatic nitrogens is 1. The summed E-state index contributed by atoms with van der Waals surface area (Å²) in [6.45, 7) is 0. The predicted octanol–water partition coefficient (Wildman–Crippen LogP) is 2.17. The summed E-state index contributed by atoms with van der Waals surface area (Å²) in [6, 6.07) is 3.57. The first-order chi connectivity index (χ1) is 4.74. The molecule has 4 heteroatoms. The maximum atomic E-state index is 5.53. The molecule has 0 unspecified atom stereocenters. The van der Waals surface area contributed by atoms with E-state index in [4.69, 9.17) is 17.3 Å². The molecule has 0 spiro atoms. The molecule has 2 N–H and O–H groups in total. The first kappa shape index (κ1) is 7.82. The Kier molecular flexibility index (Phi) is 2.51. The molecule has 0 aliphatic heterocycles. The van der Waals surface area contributed by atoms with Gasteiger partial charge in [-0.1, -0.05) is 0 Å². The van der Waals surface area contributed by atoms with Gasteiger partial charge in [0.15, 0.2) is 0 Å². The summed E-state index contributed by atoms with van der Waals surface area (Å²) in [5.74, 6) is 0.416. The number of rotatable bonds is 1. The zero-order chi connectivity index (χ0) is 7.56. The van der Waals surface area contributed by atoms with Gasteiger partial charge >= 0.3 is 0 Å². The normalized spacial score (nSPS) is 9.80. The molecule has 10 heavy (non-hydrogen) atoms. The first-order valence-electron chi connectivity index (χ1n) is 2.71. The number of nitrogens with zero attached hydrogens (tertiary/aromatic N) is 1. The molecule has 0 amide bonds. The van der Waals surface area contributed by atoms with Crippen molar-refractivity contribution in [2.24, 2.45) is 0 Å². The Labute approximate surface area is 72.5 Å². The maximum Gasteiger partial charge on any atom is 0.129 e. The summed E-state index contributed by atoms with van der Waals surface area (Å²) in [4.78, 5) is 4.05. The third kappa shape index (κ3) is 1.61. The van der Waals surface area contributed by atoms with E-state index in [0.29, 0.717) is 16.2 Å². The van der Waals surface area contributed by atoms with Crippen LogP contribution in [0.2, 0.25) is 0 Å². The molecule has 0 saturated carbocycles. The molecular formula is C6H6BrClN2. The van der Waals surface area contributed by atoms with E-state index in [1.54, 1.807) is 12.1 Å². The third-order valence-corrected chi connectivity index (χ3v) is 1.98. The lowest BCUT2D eigenvalue weighted by atomic mass is 10.3. The topological polar surface area (TPSA) is 38.9 Å². The summed E-state index contributed by atoms with van der Waals surface area (Å²) < 4.78 is 0.658. The Hall–Kier alpha value is -0.280. The lowest BCUT2D eigenvalue weighted by Gasteiger charge is -1.97. The molecule has 0 fully saturated rings. The van der Waals surface area contributed by atoms with E-state index in [9.17, 15) is 0 Å². The van der Waals surface area contributed by atoms with Gasteiger partial charge in [-0.25, -0.2) is 4.98 Å². The fraction of sp³-hybridized carbons (Fsp3) is 0.167. The number of hydrogen-bond donors (Lipinski definition) is 1. The van der Waals surface area contributed by atoms with Gasteiger partial charge in [-0.15, -0.1) is 11.6 Å². The molecule has 1 aromatic rings. The first-order valence-corrected chi connectivity index (χ1v) is 4.03. The highest BCUT2D eigenvalue weighted by molar-refractivity contribution is 9.10. The van der Waals surface area contributed by atoms with Crippen molar-refractivity contribution in [2.45, 2.75) is 5.88 Å². The summed E-state index contributed by atoms with van der Waals surface area (Å²) in [5, 5.41) is 0. The van der Waals surface area contributed by atoms with Crippen molar-refractivity contribution in [3.8, 4) is 0 Å². The van der Waals surface area contributed by atoms with Gasteiger partial charge in [0, 0.05) is 0 Å². The Morgan fingerprint density at radius 3 is 2.80 bits per heavy atom. The van der Waals surface area contributed by atoms with Crippen LogP contribution in [0.3, 0.4) is 0 Å². The third-order valence-electron chi connectivity index (χ3n) is 1.07. The fourth-order valence-corrected chi connectivity index (χ4v) is 1.07. The van der Waals surface area contributed by atoms with Gasteiger partial charge in [-0.05, 0) is 28.1 Å². The van der Waals surface area contributed by atoms with Gasteiger partial charge in [-0.3, -0.25) is 0 Å². The van der Waals surface area contributed by atoms with Crippen LogP contribution in [0, 0.1) is 0 Å². The van der Waals surface area contributed by atoms with E-state index in [0.717, 1.165) is 5.69 Å². The Balaban J connectivity index is 3.04. The van der Waals surface area contributed by atoms with Crippen LogP contribution in [0.4, 0.5) is 5.69 Å². The van der Waals surface area contributed by atoms with Crippen molar-refractivity contribution < 1.29 is 0 Å². The molecule has 0 radical (unpaired) electrons. The SMILES string of the molecule is Nc1ccc(CCl)nc1Br. The summed E-state index contributed by atoms with van der Waals surface area (Å²) >= 11 is 8.72. The fourth-order valence-electron chi connectivity index (χ4n) is 0.557. The number of anilines is 1. The van der Waals surface area contributed by atoms with Crippen LogP contribution in [0.15, 0.2) is 16.7 Å². The molecule has 0 bridgehead atoms. The highest BCUT2D eigenvalue weighted by Crippen LogP contribution is 2.16. The zero-order valence-corrected chi connectivity index (χ0v) is 7.48. The molecule has 0 aromatic carbocycles. The second-order valence-corrected chi connectivity index (χ2v) is 2.83. The monoisotopic (exact) mass is 220 g/mol. The molecule has 0 aliphatic rings. The van der Waals surface area contributed by atoms with E-state index in [1.807, 2.05) is 0 Å². The predicted molar refractivity (Wildman–Crippen MR) is 45.9 cm³/mol. The quantitative estimate of drug-likeness (QED) is 0.583. The number of nitrogen functional groups attached to an aromatic ring is 1. The van der Waals surface area contributed by atoms with Crippen LogP contribution >= 0.6 is 27.5 Å². The van der Waals surface area contributed by atoms with Gasteiger partial charge in [0.2, 0.25) is 0 Å². The number of alkyl halides is 1. The van der Waals surface area contributed by atoms with Crippen molar-refractivity contribution in [3.63, 3.8) is 0 Å². The van der Waals surface area contributed by atoms with Gasteiger partial charge in [0.05, 0.1) is 17.3 Å². The van der Waals surface area contributed by atoms with Crippen LogP contribution < -0.4 is 5.73 Å². The smallest absolute Gasteiger partial charge is 0.129 e. The van der Waals surface area contributed by atoms with Gasteiger partial charge in [0.1, 0.15) is 4.60 Å². The van der Waals surface area contributed by atoms with E-state index >= 15 is 0 Å². The van der Waals surface area contributed by atoms with Crippen LogP contribution in [0.25, 0.3) is 0 Å². The lowest BCUT2D eigenvalue weighted by Crippen LogP contribution is -1.91. The van der Waals surface area contributed by atoms with Crippen molar-refractivity contribution >= 4 is 33.2 Å². The molecule has 1 aromatic heterocycles. The number of nitrogens with two attached hydrogens (primary N) is 1. The average Bonchev–Trinajstić information content (AvgIpc) is 1.95. The number of halogens is 2. The summed E-state index contributed by atoms with van der Waals surface area (Å²) in [5.41, 5.74) is 6.95. The molecule has 1 heterocycles. The molecule has 2 nitrogen and oxygen atoms in total. The van der Waals surface area contributed by atoms with Crippen molar-refractivity contribution in [1.82, 2.24) is 4.98 Å². The Bertz CT molecular complexity index is 239. The van der Waals surface area contributed by atoms with E-state index in [1.165, 1.54) is 0 Å². The van der Waals surface area contributed by atoms with Crippen LogP contribution in [0.1, 0.15) is 5.69 Å².